The minimum Gasteiger partial charge on any atom is -0.334 e. The molecule has 1 heterocycles. The molecule has 0 aromatic carbocycles. The van der Waals surface area contributed by atoms with E-state index >= 15 is 0 Å². The standard InChI is InChI=1S/C12H24N4/c1-5-12(3,10-13)15(4)8-9-16-7-6-14-11(16)2/h6-7H,5,8-10,13H2,1-4H3. The predicted molar refractivity (Wildman–Crippen MR) is 67.3 cm³/mol. The van der Waals surface area contributed by atoms with Gasteiger partial charge in [0, 0.05) is 37.6 Å². The van der Waals surface area contributed by atoms with Crippen LogP contribution in [0.1, 0.15) is 26.1 Å². The van der Waals surface area contributed by atoms with Crippen LogP contribution in [0.25, 0.3) is 0 Å². The summed E-state index contributed by atoms with van der Waals surface area (Å²) in [7, 11) is 2.14. The van der Waals surface area contributed by atoms with E-state index in [-0.39, 0.29) is 5.54 Å². The first-order chi connectivity index (χ1) is 7.53. The minimum absolute atomic E-state index is 0.106. The van der Waals surface area contributed by atoms with Crippen molar-refractivity contribution >= 4 is 0 Å². The van der Waals surface area contributed by atoms with Gasteiger partial charge in [0.05, 0.1) is 0 Å². The van der Waals surface area contributed by atoms with Crippen molar-refractivity contribution in [1.82, 2.24) is 14.5 Å². The smallest absolute Gasteiger partial charge is 0.105 e. The van der Waals surface area contributed by atoms with Crippen LogP contribution < -0.4 is 5.73 Å². The number of nitrogens with zero attached hydrogens (tertiary/aromatic N) is 3. The fourth-order valence-electron chi connectivity index (χ4n) is 1.74. The highest BCUT2D eigenvalue weighted by molar-refractivity contribution is 4.89. The van der Waals surface area contributed by atoms with Crippen molar-refractivity contribution in [2.45, 2.75) is 39.3 Å². The summed E-state index contributed by atoms with van der Waals surface area (Å²) in [6, 6.07) is 0. The summed E-state index contributed by atoms with van der Waals surface area (Å²) in [6.07, 6.45) is 4.94. The molecule has 0 radical (unpaired) electrons. The number of likely N-dealkylation sites (N-methyl/N-ethyl adjacent to an activating group) is 1. The molecular formula is C12H24N4. The van der Waals surface area contributed by atoms with Crippen molar-refractivity contribution in [3.63, 3.8) is 0 Å². The fraction of sp³-hybridized carbons (Fsp3) is 0.750. The van der Waals surface area contributed by atoms with Gasteiger partial charge in [0.25, 0.3) is 0 Å². The molecular weight excluding hydrogens is 200 g/mol. The number of aryl methyl sites for hydroxylation is 1. The Balaban J connectivity index is 2.52. The highest BCUT2D eigenvalue weighted by Crippen LogP contribution is 2.15. The van der Waals surface area contributed by atoms with Crippen molar-refractivity contribution in [3.8, 4) is 0 Å². The molecule has 0 saturated carbocycles. The molecule has 1 aromatic rings. The van der Waals surface area contributed by atoms with Gasteiger partial charge in [0.1, 0.15) is 5.82 Å². The monoisotopic (exact) mass is 224 g/mol. The molecule has 0 aliphatic rings. The third-order valence-corrected chi connectivity index (χ3v) is 3.72. The van der Waals surface area contributed by atoms with Crippen LogP contribution in [0.5, 0.6) is 0 Å². The average molecular weight is 224 g/mol. The summed E-state index contributed by atoms with van der Waals surface area (Å²) in [5.74, 6) is 1.07. The van der Waals surface area contributed by atoms with Crippen LogP contribution in [0.3, 0.4) is 0 Å². The lowest BCUT2D eigenvalue weighted by molar-refractivity contribution is 0.134. The van der Waals surface area contributed by atoms with Gasteiger partial charge in [0.15, 0.2) is 0 Å². The van der Waals surface area contributed by atoms with Gasteiger partial charge < -0.3 is 10.3 Å². The van der Waals surface area contributed by atoms with E-state index in [2.05, 4.69) is 35.3 Å². The molecule has 0 saturated heterocycles. The maximum Gasteiger partial charge on any atom is 0.105 e. The van der Waals surface area contributed by atoms with Gasteiger partial charge >= 0.3 is 0 Å². The van der Waals surface area contributed by atoms with E-state index in [1.165, 1.54) is 0 Å². The lowest BCUT2D eigenvalue weighted by atomic mass is 9.97. The SMILES string of the molecule is CCC(C)(CN)N(C)CCn1ccnc1C. The Morgan fingerprint density at radius 3 is 2.69 bits per heavy atom. The van der Waals surface area contributed by atoms with Crippen molar-refractivity contribution in [1.29, 1.82) is 0 Å². The molecule has 1 aromatic heterocycles. The Hall–Kier alpha value is -0.870. The van der Waals surface area contributed by atoms with Crippen LogP contribution in [-0.2, 0) is 6.54 Å². The topological polar surface area (TPSA) is 47.1 Å². The molecule has 1 rings (SSSR count). The van der Waals surface area contributed by atoms with E-state index in [4.69, 9.17) is 5.73 Å². The van der Waals surface area contributed by atoms with Crippen molar-refractivity contribution in [2.75, 3.05) is 20.1 Å². The number of rotatable bonds is 6. The molecule has 0 fully saturated rings. The minimum atomic E-state index is 0.106. The maximum absolute atomic E-state index is 5.84. The Kier molecular flexibility index (Phi) is 4.50. The molecule has 4 nitrogen and oxygen atoms in total. The van der Waals surface area contributed by atoms with Crippen LogP contribution in [-0.4, -0.2) is 40.1 Å². The van der Waals surface area contributed by atoms with Crippen LogP contribution in [0.15, 0.2) is 12.4 Å². The second-order valence-corrected chi connectivity index (χ2v) is 4.64. The van der Waals surface area contributed by atoms with Crippen molar-refractivity contribution in [3.05, 3.63) is 18.2 Å². The summed E-state index contributed by atoms with van der Waals surface area (Å²) in [5.41, 5.74) is 5.94. The molecule has 0 bridgehead atoms. The highest BCUT2D eigenvalue weighted by Gasteiger charge is 2.24. The lowest BCUT2D eigenvalue weighted by Crippen LogP contribution is -2.50. The predicted octanol–water partition coefficient (Wildman–Crippen LogP) is 1.25. The third-order valence-electron chi connectivity index (χ3n) is 3.72. The maximum atomic E-state index is 5.84. The van der Waals surface area contributed by atoms with Gasteiger partial charge in [-0.25, -0.2) is 4.98 Å². The molecule has 4 heteroatoms. The molecule has 0 aliphatic heterocycles. The summed E-state index contributed by atoms with van der Waals surface area (Å²) in [6.45, 7) is 9.10. The fourth-order valence-corrected chi connectivity index (χ4v) is 1.74. The number of hydrogen-bond acceptors (Lipinski definition) is 3. The van der Waals surface area contributed by atoms with E-state index in [1.54, 1.807) is 0 Å². The molecule has 92 valence electrons. The third kappa shape index (κ3) is 2.83. The number of aromatic nitrogens is 2. The summed E-state index contributed by atoms with van der Waals surface area (Å²) in [5, 5.41) is 0. The van der Waals surface area contributed by atoms with Gasteiger partial charge in [-0.1, -0.05) is 6.92 Å². The number of hydrogen-bond donors (Lipinski definition) is 1. The average Bonchev–Trinajstić information content (AvgIpc) is 2.70. The molecule has 0 amide bonds. The first-order valence-corrected chi connectivity index (χ1v) is 5.92. The van der Waals surface area contributed by atoms with Gasteiger partial charge in [-0.05, 0) is 27.3 Å². The Labute approximate surface area is 98.5 Å². The lowest BCUT2D eigenvalue weighted by Gasteiger charge is -2.37. The summed E-state index contributed by atoms with van der Waals surface area (Å²) >= 11 is 0. The molecule has 0 spiro atoms. The second kappa shape index (κ2) is 5.46. The Morgan fingerprint density at radius 1 is 1.56 bits per heavy atom. The van der Waals surface area contributed by atoms with Crippen LogP contribution >= 0.6 is 0 Å². The normalized spacial score (nSPS) is 15.4. The van der Waals surface area contributed by atoms with E-state index in [1.807, 2.05) is 19.3 Å². The first-order valence-electron chi connectivity index (χ1n) is 5.92. The quantitative estimate of drug-likeness (QED) is 0.791. The summed E-state index contributed by atoms with van der Waals surface area (Å²) < 4.78 is 2.17. The van der Waals surface area contributed by atoms with E-state index < -0.39 is 0 Å². The largest absolute Gasteiger partial charge is 0.334 e. The summed E-state index contributed by atoms with van der Waals surface area (Å²) in [4.78, 5) is 6.56. The molecule has 16 heavy (non-hydrogen) atoms. The van der Waals surface area contributed by atoms with Crippen LogP contribution in [0.2, 0.25) is 0 Å². The number of nitrogens with two attached hydrogens (primary N) is 1. The van der Waals surface area contributed by atoms with Crippen LogP contribution in [0.4, 0.5) is 0 Å². The molecule has 1 atom stereocenters. The first kappa shape index (κ1) is 13.2. The number of imidazole rings is 1. The zero-order valence-electron chi connectivity index (χ0n) is 10.9. The van der Waals surface area contributed by atoms with E-state index in [9.17, 15) is 0 Å². The zero-order valence-corrected chi connectivity index (χ0v) is 10.9. The second-order valence-electron chi connectivity index (χ2n) is 4.64. The van der Waals surface area contributed by atoms with E-state index in [0.29, 0.717) is 6.54 Å². The molecule has 2 N–H and O–H groups in total. The molecule has 1 unspecified atom stereocenters. The van der Waals surface area contributed by atoms with Crippen molar-refractivity contribution in [2.24, 2.45) is 5.73 Å². The van der Waals surface area contributed by atoms with Gasteiger partial charge in [0.2, 0.25) is 0 Å². The zero-order chi connectivity index (χ0) is 12.2. The van der Waals surface area contributed by atoms with Gasteiger partial charge in [-0.2, -0.15) is 0 Å². The Morgan fingerprint density at radius 2 is 2.25 bits per heavy atom. The van der Waals surface area contributed by atoms with E-state index in [0.717, 1.165) is 25.3 Å². The molecule has 0 aliphatic carbocycles. The highest BCUT2D eigenvalue weighted by atomic mass is 15.2. The van der Waals surface area contributed by atoms with Gasteiger partial charge in [-0.3, -0.25) is 4.90 Å². The van der Waals surface area contributed by atoms with Crippen LogP contribution in [0, 0.1) is 6.92 Å². The van der Waals surface area contributed by atoms with Gasteiger partial charge in [-0.15, -0.1) is 0 Å². The van der Waals surface area contributed by atoms with Crippen molar-refractivity contribution < 1.29 is 0 Å². The Bertz CT molecular complexity index is 315.